The first kappa shape index (κ1) is 16.0. The molecule has 1 N–H and O–H groups in total. The summed E-state index contributed by atoms with van der Waals surface area (Å²) in [7, 11) is 1.68. The van der Waals surface area contributed by atoms with Crippen LogP contribution in [-0.2, 0) is 9.53 Å². The van der Waals surface area contributed by atoms with Crippen LogP contribution in [0.1, 0.15) is 50.4 Å². The lowest BCUT2D eigenvalue weighted by molar-refractivity contribution is -0.131. The molecule has 1 saturated heterocycles. The van der Waals surface area contributed by atoms with Crippen molar-refractivity contribution in [1.82, 2.24) is 10.2 Å². The summed E-state index contributed by atoms with van der Waals surface area (Å²) in [6.45, 7) is 7.43. The molecule has 0 radical (unpaired) electrons. The van der Waals surface area contributed by atoms with Gasteiger partial charge in [0, 0.05) is 7.11 Å². The summed E-state index contributed by atoms with van der Waals surface area (Å²) in [5, 5.41) is 3.32. The van der Waals surface area contributed by atoms with Crippen molar-refractivity contribution in [2.45, 2.75) is 45.3 Å². The lowest BCUT2D eigenvalue weighted by atomic mass is 10.0. The number of carbonyl (C=O) groups excluding carboxylic acids is 1. The van der Waals surface area contributed by atoms with Gasteiger partial charge in [-0.2, -0.15) is 0 Å². The van der Waals surface area contributed by atoms with Gasteiger partial charge in [-0.05, 0) is 23.5 Å². The number of hydrogen-bond acceptors (Lipinski definition) is 3. The smallest absolute Gasteiger partial charge is 0.238 e. The Morgan fingerprint density at radius 1 is 1.33 bits per heavy atom. The minimum absolute atomic E-state index is 0.0428. The Morgan fingerprint density at radius 2 is 2.00 bits per heavy atom. The van der Waals surface area contributed by atoms with Gasteiger partial charge in [-0.3, -0.25) is 10.1 Å². The zero-order chi connectivity index (χ0) is 15.4. The average Bonchev–Trinajstić information content (AvgIpc) is 2.86. The van der Waals surface area contributed by atoms with Crippen LogP contribution in [0, 0.1) is 0 Å². The molecule has 2 atom stereocenters. The van der Waals surface area contributed by atoms with Gasteiger partial charge in [0.25, 0.3) is 0 Å². The highest BCUT2D eigenvalue weighted by molar-refractivity contribution is 5.81. The maximum absolute atomic E-state index is 12.2. The average molecular weight is 290 g/mol. The second-order valence-corrected chi connectivity index (χ2v) is 5.92. The molecule has 1 aliphatic heterocycles. The summed E-state index contributed by atoms with van der Waals surface area (Å²) in [5.41, 5.74) is 2.46. The maximum atomic E-state index is 12.2. The van der Waals surface area contributed by atoms with E-state index in [1.807, 2.05) is 4.90 Å². The van der Waals surface area contributed by atoms with E-state index in [4.69, 9.17) is 4.74 Å². The Kier molecular flexibility index (Phi) is 5.37. The first-order valence-corrected chi connectivity index (χ1v) is 7.71. The molecule has 4 nitrogen and oxygen atoms in total. The predicted molar refractivity (Wildman–Crippen MR) is 84.1 cm³/mol. The van der Waals surface area contributed by atoms with Crippen molar-refractivity contribution in [2.75, 3.05) is 20.3 Å². The number of carbonyl (C=O) groups is 1. The van der Waals surface area contributed by atoms with Crippen molar-refractivity contribution in [3.8, 4) is 0 Å². The molecule has 1 amide bonds. The number of hydrogen-bond donors (Lipinski definition) is 1. The van der Waals surface area contributed by atoms with Crippen molar-refractivity contribution in [1.29, 1.82) is 0 Å². The minimum atomic E-state index is -0.0428. The summed E-state index contributed by atoms with van der Waals surface area (Å²) < 4.78 is 5.27. The van der Waals surface area contributed by atoms with Crippen molar-refractivity contribution >= 4 is 5.91 Å². The van der Waals surface area contributed by atoms with Crippen LogP contribution in [-0.4, -0.2) is 37.1 Å². The van der Waals surface area contributed by atoms with E-state index in [0.717, 1.165) is 12.0 Å². The number of nitrogens with one attached hydrogen (secondary N) is 1. The second-order valence-electron chi connectivity index (χ2n) is 5.92. The van der Waals surface area contributed by atoms with Crippen LogP contribution >= 0.6 is 0 Å². The SMILES string of the molecule is CCC(COC)N1C(=O)CNC1c1ccc(C(C)C)cc1. The third-order valence-electron chi connectivity index (χ3n) is 4.16. The third kappa shape index (κ3) is 3.44. The molecule has 2 unspecified atom stereocenters. The zero-order valence-corrected chi connectivity index (χ0v) is 13.4. The molecule has 0 saturated carbocycles. The molecule has 1 aliphatic rings. The van der Waals surface area contributed by atoms with Crippen LogP contribution < -0.4 is 5.32 Å². The van der Waals surface area contributed by atoms with Crippen LogP contribution in [0.25, 0.3) is 0 Å². The molecule has 0 bridgehead atoms. The van der Waals surface area contributed by atoms with Crippen LogP contribution in [0.3, 0.4) is 0 Å². The van der Waals surface area contributed by atoms with E-state index in [-0.39, 0.29) is 18.1 Å². The number of ether oxygens (including phenoxy) is 1. The number of amides is 1. The summed E-state index contributed by atoms with van der Waals surface area (Å²) in [6.07, 6.45) is 0.848. The normalized spacial score (nSPS) is 20.3. The van der Waals surface area contributed by atoms with Crippen molar-refractivity contribution < 1.29 is 9.53 Å². The molecule has 4 heteroatoms. The van der Waals surface area contributed by atoms with Crippen LogP contribution in [0.4, 0.5) is 0 Å². The number of benzene rings is 1. The van der Waals surface area contributed by atoms with Gasteiger partial charge < -0.3 is 9.64 Å². The van der Waals surface area contributed by atoms with Gasteiger partial charge in [-0.25, -0.2) is 0 Å². The summed E-state index contributed by atoms with van der Waals surface area (Å²) >= 11 is 0. The zero-order valence-electron chi connectivity index (χ0n) is 13.4. The molecule has 2 rings (SSSR count). The molecule has 1 fully saturated rings. The van der Waals surface area contributed by atoms with Crippen LogP contribution in [0.5, 0.6) is 0 Å². The van der Waals surface area contributed by atoms with E-state index in [2.05, 4.69) is 50.4 Å². The van der Waals surface area contributed by atoms with Gasteiger partial charge in [0.2, 0.25) is 5.91 Å². The number of nitrogens with zero attached hydrogens (tertiary/aromatic N) is 1. The Bertz CT molecular complexity index is 470. The third-order valence-corrected chi connectivity index (χ3v) is 4.16. The van der Waals surface area contributed by atoms with Gasteiger partial charge in [0.05, 0.1) is 19.2 Å². The molecule has 1 aromatic carbocycles. The highest BCUT2D eigenvalue weighted by Gasteiger charge is 2.35. The van der Waals surface area contributed by atoms with E-state index in [9.17, 15) is 4.79 Å². The van der Waals surface area contributed by atoms with Crippen LogP contribution in [0.2, 0.25) is 0 Å². The van der Waals surface area contributed by atoms with Gasteiger partial charge >= 0.3 is 0 Å². The first-order chi connectivity index (χ1) is 10.1. The Balaban J connectivity index is 2.22. The minimum Gasteiger partial charge on any atom is -0.383 e. The topological polar surface area (TPSA) is 41.6 Å². The van der Waals surface area contributed by atoms with Gasteiger partial charge in [-0.1, -0.05) is 45.0 Å². The standard InChI is InChI=1S/C17H26N2O2/c1-5-15(11-21-4)19-16(20)10-18-17(19)14-8-6-13(7-9-14)12(2)3/h6-9,12,15,17-18H,5,10-11H2,1-4H3. The molecule has 116 valence electrons. The lowest BCUT2D eigenvalue weighted by Crippen LogP contribution is -2.41. The quantitative estimate of drug-likeness (QED) is 0.876. The highest BCUT2D eigenvalue weighted by atomic mass is 16.5. The lowest BCUT2D eigenvalue weighted by Gasteiger charge is -2.32. The molecule has 1 heterocycles. The molecule has 1 aromatic rings. The predicted octanol–water partition coefficient (Wildman–Crippen LogP) is 2.67. The molecule has 0 aromatic heterocycles. The second kappa shape index (κ2) is 7.05. The molecule has 0 aliphatic carbocycles. The fourth-order valence-corrected chi connectivity index (χ4v) is 2.86. The Morgan fingerprint density at radius 3 is 2.52 bits per heavy atom. The Labute approximate surface area is 127 Å². The highest BCUT2D eigenvalue weighted by Crippen LogP contribution is 2.27. The molecular formula is C17H26N2O2. The molecule has 0 spiro atoms. The van der Waals surface area contributed by atoms with E-state index >= 15 is 0 Å². The van der Waals surface area contributed by atoms with Crippen molar-refractivity contribution in [3.63, 3.8) is 0 Å². The van der Waals surface area contributed by atoms with Crippen LogP contribution in [0.15, 0.2) is 24.3 Å². The summed E-state index contributed by atoms with van der Waals surface area (Å²) in [6, 6.07) is 8.67. The fourth-order valence-electron chi connectivity index (χ4n) is 2.86. The van der Waals surface area contributed by atoms with Crippen molar-refractivity contribution in [2.24, 2.45) is 0 Å². The van der Waals surface area contributed by atoms with E-state index in [0.29, 0.717) is 19.1 Å². The summed E-state index contributed by atoms with van der Waals surface area (Å²) in [4.78, 5) is 14.2. The van der Waals surface area contributed by atoms with Crippen molar-refractivity contribution in [3.05, 3.63) is 35.4 Å². The van der Waals surface area contributed by atoms with Gasteiger partial charge in [0.1, 0.15) is 6.17 Å². The Hall–Kier alpha value is -1.39. The molecule has 21 heavy (non-hydrogen) atoms. The fraction of sp³-hybridized carbons (Fsp3) is 0.588. The summed E-state index contributed by atoms with van der Waals surface area (Å²) in [5.74, 6) is 0.669. The van der Waals surface area contributed by atoms with E-state index in [1.54, 1.807) is 7.11 Å². The van der Waals surface area contributed by atoms with Gasteiger partial charge in [-0.15, -0.1) is 0 Å². The maximum Gasteiger partial charge on any atom is 0.238 e. The first-order valence-electron chi connectivity index (χ1n) is 7.71. The van der Waals surface area contributed by atoms with E-state index in [1.165, 1.54) is 5.56 Å². The number of rotatable bonds is 6. The van der Waals surface area contributed by atoms with Gasteiger partial charge in [0.15, 0.2) is 0 Å². The van der Waals surface area contributed by atoms with E-state index < -0.39 is 0 Å². The largest absolute Gasteiger partial charge is 0.383 e. The monoisotopic (exact) mass is 290 g/mol. The number of methoxy groups -OCH3 is 1. The molecular weight excluding hydrogens is 264 g/mol.